The number of rotatable bonds is 7. The lowest BCUT2D eigenvalue weighted by atomic mass is 9.96. The number of aliphatic hydroxyl groups is 1. The number of hydrogen-bond acceptors (Lipinski definition) is 3. The van der Waals surface area contributed by atoms with Gasteiger partial charge in [-0.1, -0.05) is 32.6 Å². The van der Waals surface area contributed by atoms with Crippen LogP contribution >= 0.6 is 0 Å². The minimum Gasteiger partial charge on any atom is -0.392 e. The molecule has 1 heterocycles. The highest BCUT2D eigenvalue weighted by atomic mass is 16.3. The predicted octanol–water partition coefficient (Wildman–Crippen LogP) is 1.47. The van der Waals surface area contributed by atoms with E-state index >= 15 is 0 Å². The average Bonchev–Trinajstić information content (AvgIpc) is 2.40. The molecule has 0 aromatic heterocycles. The third-order valence-corrected chi connectivity index (χ3v) is 4.11. The normalized spacial score (nSPS) is 19.9. The van der Waals surface area contributed by atoms with Gasteiger partial charge in [-0.3, -0.25) is 4.90 Å². The van der Waals surface area contributed by atoms with E-state index in [4.69, 9.17) is 6.42 Å². The molecule has 3 nitrogen and oxygen atoms in total. The Morgan fingerprint density at radius 1 is 1.33 bits per heavy atom. The molecule has 0 aromatic carbocycles. The lowest BCUT2D eigenvalue weighted by Gasteiger charge is -2.32. The summed E-state index contributed by atoms with van der Waals surface area (Å²) >= 11 is 0. The van der Waals surface area contributed by atoms with E-state index < -0.39 is 0 Å². The maximum absolute atomic E-state index is 10.1. The number of terminal acetylenes is 1. The Hall–Kier alpha value is -0.560. The lowest BCUT2D eigenvalue weighted by Crippen LogP contribution is -2.45. The van der Waals surface area contributed by atoms with Crippen molar-refractivity contribution in [3.05, 3.63) is 0 Å². The summed E-state index contributed by atoms with van der Waals surface area (Å²) in [4.78, 5) is 2.31. The molecule has 0 aromatic rings. The van der Waals surface area contributed by atoms with Crippen molar-refractivity contribution in [2.75, 3.05) is 26.2 Å². The first kappa shape index (κ1) is 15.5. The summed E-state index contributed by atoms with van der Waals surface area (Å²) in [5, 5.41) is 13.6. The summed E-state index contributed by atoms with van der Waals surface area (Å²) < 4.78 is 0. The van der Waals surface area contributed by atoms with Gasteiger partial charge < -0.3 is 10.4 Å². The fourth-order valence-electron chi connectivity index (χ4n) is 2.71. The zero-order chi connectivity index (χ0) is 13.4. The monoisotopic (exact) mass is 252 g/mol. The molecule has 2 N–H and O–H groups in total. The third-order valence-electron chi connectivity index (χ3n) is 4.11. The molecule has 0 spiro atoms. The van der Waals surface area contributed by atoms with Gasteiger partial charge in [0.25, 0.3) is 0 Å². The van der Waals surface area contributed by atoms with Crippen LogP contribution in [0.1, 0.15) is 39.5 Å². The Balaban J connectivity index is 2.19. The molecular formula is C15H28N2O. The van der Waals surface area contributed by atoms with Gasteiger partial charge in [0, 0.05) is 25.7 Å². The second-order valence-corrected chi connectivity index (χ2v) is 5.31. The van der Waals surface area contributed by atoms with Gasteiger partial charge in [0.05, 0.1) is 12.6 Å². The minimum atomic E-state index is -0.205. The summed E-state index contributed by atoms with van der Waals surface area (Å²) in [6.07, 6.45) is 9.49. The molecule has 0 amide bonds. The summed E-state index contributed by atoms with van der Waals surface area (Å²) in [6, 6.07) is 0.544. The zero-order valence-electron chi connectivity index (χ0n) is 11.9. The highest BCUT2D eigenvalue weighted by Crippen LogP contribution is 2.14. The summed E-state index contributed by atoms with van der Waals surface area (Å²) in [6.45, 7) is 7.94. The van der Waals surface area contributed by atoms with Gasteiger partial charge in [-0.2, -0.15) is 0 Å². The second kappa shape index (κ2) is 8.53. The first-order valence-electron chi connectivity index (χ1n) is 7.28. The van der Waals surface area contributed by atoms with Crippen LogP contribution in [-0.4, -0.2) is 48.3 Å². The van der Waals surface area contributed by atoms with Crippen LogP contribution < -0.4 is 5.32 Å². The van der Waals surface area contributed by atoms with Gasteiger partial charge >= 0.3 is 0 Å². The Labute approximate surface area is 112 Å². The van der Waals surface area contributed by atoms with Gasteiger partial charge in [-0.05, 0) is 18.8 Å². The van der Waals surface area contributed by atoms with Gasteiger partial charge in [0.2, 0.25) is 0 Å². The number of piperidine rings is 1. The Morgan fingerprint density at radius 3 is 2.44 bits per heavy atom. The van der Waals surface area contributed by atoms with E-state index in [2.05, 4.69) is 30.0 Å². The van der Waals surface area contributed by atoms with Crippen LogP contribution in [0.5, 0.6) is 0 Å². The molecule has 1 fully saturated rings. The van der Waals surface area contributed by atoms with Gasteiger partial charge in [0.1, 0.15) is 0 Å². The molecule has 1 unspecified atom stereocenters. The van der Waals surface area contributed by atoms with Crippen molar-refractivity contribution in [3.8, 4) is 12.3 Å². The van der Waals surface area contributed by atoms with Gasteiger partial charge in [-0.15, -0.1) is 6.42 Å². The number of aliphatic hydroxyl groups excluding tert-OH is 1. The predicted molar refractivity (Wildman–Crippen MR) is 76.4 cm³/mol. The molecule has 1 aliphatic heterocycles. The third kappa shape index (κ3) is 4.97. The molecule has 1 aliphatic rings. The van der Waals surface area contributed by atoms with Crippen molar-refractivity contribution in [2.24, 2.45) is 5.92 Å². The maximum atomic E-state index is 10.1. The molecule has 3 heteroatoms. The van der Waals surface area contributed by atoms with Crippen molar-refractivity contribution in [2.45, 2.75) is 51.7 Å². The van der Waals surface area contributed by atoms with E-state index in [1.807, 2.05) is 0 Å². The number of likely N-dealkylation sites (tertiary alicyclic amines) is 1. The average molecular weight is 252 g/mol. The van der Waals surface area contributed by atoms with Crippen molar-refractivity contribution >= 4 is 0 Å². The first-order valence-corrected chi connectivity index (χ1v) is 7.28. The van der Waals surface area contributed by atoms with Gasteiger partial charge in [0.15, 0.2) is 0 Å². The van der Waals surface area contributed by atoms with Crippen LogP contribution in [0.15, 0.2) is 0 Å². The molecule has 0 bridgehead atoms. The van der Waals surface area contributed by atoms with Crippen molar-refractivity contribution in [1.29, 1.82) is 0 Å². The molecule has 104 valence electrons. The van der Waals surface area contributed by atoms with Crippen LogP contribution in [0.3, 0.4) is 0 Å². The van der Waals surface area contributed by atoms with Gasteiger partial charge in [-0.25, -0.2) is 0 Å². The molecule has 1 rings (SSSR count). The molecule has 1 atom stereocenters. The molecule has 0 aliphatic carbocycles. The Kier molecular flexibility index (Phi) is 7.34. The zero-order valence-corrected chi connectivity index (χ0v) is 11.9. The molecule has 0 radical (unpaired) electrons. The fourth-order valence-corrected chi connectivity index (χ4v) is 2.71. The van der Waals surface area contributed by atoms with Crippen LogP contribution in [0.4, 0.5) is 0 Å². The van der Waals surface area contributed by atoms with Crippen LogP contribution in [-0.2, 0) is 0 Å². The van der Waals surface area contributed by atoms with E-state index in [9.17, 15) is 5.11 Å². The van der Waals surface area contributed by atoms with E-state index in [0.717, 1.165) is 51.9 Å². The number of nitrogens with one attached hydrogen (secondary N) is 1. The van der Waals surface area contributed by atoms with E-state index in [1.165, 1.54) is 0 Å². The largest absolute Gasteiger partial charge is 0.392 e. The van der Waals surface area contributed by atoms with Crippen molar-refractivity contribution in [3.63, 3.8) is 0 Å². The second-order valence-electron chi connectivity index (χ2n) is 5.31. The summed E-state index contributed by atoms with van der Waals surface area (Å²) in [5.41, 5.74) is 0. The van der Waals surface area contributed by atoms with Crippen molar-refractivity contribution in [1.82, 2.24) is 10.2 Å². The molecule has 18 heavy (non-hydrogen) atoms. The number of hydrogen-bond donors (Lipinski definition) is 2. The van der Waals surface area contributed by atoms with Crippen LogP contribution in [0, 0.1) is 18.3 Å². The van der Waals surface area contributed by atoms with Crippen molar-refractivity contribution < 1.29 is 5.11 Å². The maximum Gasteiger partial charge on any atom is 0.0692 e. The smallest absolute Gasteiger partial charge is 0.0692 e. The molecule has 0 saturated carbocycles. The first-order chi connectivity index (χ1) is 8.71. The highest BCUT2D eigenvalue weighted by Gasteiger charge is 2.20. The Morgan fingerprint density at radius 2 is 1.94 bits per heavy atom. The minimum absolute atomic E-state index is 0.205. The number of nitrogens with zero attached hydrogens (tertiary/aromatic N) is 1. The summed E-state index contributed by atoms with van der Waals surface area (Å²) in [5.74, 6) is 3.13. The quantitative estimate of drug-likeness (QED) is 0.674. The van der Waals surface area contributed by atoms with E-state index in [-0.39, 0.29) is 6.10 Å². The van der Waals surface area contributed by atoms with E-state index in [0.29, 0.717) is 12.0 Å². The fraction of sp³-hybridized carbons (Fsp3) is 0.867. The highest BCUT2D eigenvalue weighted by molar-refractivity contribution is 4.90. The Bertz CT molecular complexity index is 250. The summed E-state index contributed by atoms with van der Waals surface area (Å²) in [7, 11) is 0. The lowest BCUT2D eigenvalue weighted by molar-refractivity contribution is 0.0936. The topological polar surface area (TPSA) is 35.5 Å². The molecular weight excluding hydrogens is 224 g/mol. The van der Waals surface area contributed by atoms with Crippen LogP contribution in [0.2, 0.25) is 0 Å². The standard InChI is InChI=1S/C15H28N2O/c1-4-9-17-10-7-14(8-11-17)16-12-15(18)13(5-2)6-3/h1,13-16,18H,5-12H2,2-3H3. The molecule has 1 saturated heterocycles. The van der Waals surface area contributed by atoms with E-state index in [1.54, 1.807) is 0 Å². The van der Waals surface area contributed by atoms with Crippen LogP contribution in [0.25, 0.3) is 0 Å². The SMILES string of the molecule is C#CCN1CCC(NCC(O)C(CC)CC)CC1.